The van der Waals surface area contributed by atoms with Crippen LogP contribution >= 0.6 is 22.9 Å². The molecule has 1 aromatic carbocycles. The fraction of sp³-hybridized carbons (Fsp3) is 0.368. The van der Waals surface area contributed by atoms with Gasteiger partial charge < -0.3 is 9.84 Å². The van der Waals surface area contributed by atoms with Gasteiger partial charge in [0, 0.05) is 48.3 Å². The van der Waals surface area contributed by atoms with Crippen LogP contribution in [-0.2, 0) is 11.3 Å². The number of nitrogens with one attached hydrogen (secondary N) is 1. The van der Waals surface area contributed by atoms with Gasteiger partial charge in [-0.05, 0) is 31.2 Å². The molecular weight excluding hydrogens is 412 g/mol. The molecule has 1 aliphatic heterocycles. The number of benzene rings is 1. The van der Waals surface area contributed by atoms with Gasteiger partial charge in [0.2, 0.25) is 17.6 Å². The number of anilines is 1. The molecule has 0 radical (unpaired) electrons. The highest BCUT2D eigenvalue weighted by atomic mass is 35.5. The number of hydrogen-bond donors (Lipinski definition) is 1. The molecule has 0 spiro atoms. The highest BCUT2D eigenvalue weighted by molar-refractivity contribution is 7.13. The lowest BCUT2D eigenvalue weighted by molar-refractivity contribution is -0.121. The van der Waals surface area contributed by atoms with E-state index >= 15 is 0 Å². The third-order valence-electron chi connectivity index (χ3n) is 4.93. The molecule has 8 nitrogen and oxygen atoms in total. The minimum Gasteiger partial charge on any atom is -0.338 e. The molecule has 0 bridgehead atoms. The number of hydrogen-bond acceptors (Lipinski definition) is 8. The summed E-state index contributed by atoms with van der Waals surface area (Å²) in [6.45, 7) is 5.76. The van der Waals surface area contributed by atoms with Crippen molar-refractivity contribution in [2.45, 2.75) is 19.5 Å². The lowest BCUT2D eigenvalue weighted by Gasteiger charge is -2.36. The molecule has 2 aromatic heterocycles. The highest BCUT2D eigenvalue weighted by Gasteiger charge is 2.26. The van der Waals surface area contributed by atoms with Gasteiger partial charge in [0.15, 0.2) is 5.13 Å². The second-order valence-corrected chi connectivity index (χ2v) is 8.16. The van der Waals surface area contributed by atoms with Crippen LogP contribution in [0.5, 0.6) is 0 Å². The Bertz CT molecular complexity index is 938. The molecule has 1 N–H and O–H groups in total. The number of piperazine rings is 1. The molecule has 4 rings (SSSR count). The number of thiazole rings is 1. The zero-order valence-corrected chi connectivity index (χ0v) is 17.5. The molecular formula is C19H21ClN6O2S. The van der Waals surface area contributed by atoms with Crippen molar-refractivity contribution >= 4 is 34.0 Å². The van der Waals surface area contributed by atoms with Crippen LogP contribution in [0, 0.1) is 0 Å². The van der Waals surface area contributed by atoms with Crippen LogP contribution in [0.3, 0.4) is 0 Å². The molecule has 1 amide bonds. The van der Waals surface area contributed by atoms with Gasteiger partial charge in [0.25, 0.3) is 0 Å². The van der Waals surface area contributed by atoms with E-state index in [0.717, 1.165) is 31.7 Å². The maximum absolute atomic E-state index is 12.4. The van der Waals surface area contributed by atoms with E-state index in [1.165, 1.54) is 11.3 Å². The van der Waals surface area contributed by atoms with Gasteiger partial charge in [-0.1, -0.05) is 16.8 Å². The first-order chi connectivity index (χ1) is 14.1. The van der Waals surface area contributed by atoms with Crippen molar-refractivity contribution in [3.8, 4) is 11.4 Å². The van der Waals surface area contributed by atoms with Crippen molar-refractivity contribution in [1.82, 2.24) is 24.9 Å². The van der Waals surface area contributed by atoms with Crippen molar-refractivity contribution in [1.29, 1.82) is 0 Å². The van der Waals surface area contributed by atoms with Crippen LogP contribution < -0.4 is 5.32 Å². The maximum atomic E-state index is 12.4. The van der Waals surface area contributed by atoms with Gasteiger partial charge in [0.1, 0.15) is 0 Å². The minimum absolute atomic E-state index is 0.0297. The van der Waals surface area contributed by atoms with E-state index in [0.29, 0.717) is 28.4 Å². The van der Waals surface area contributed by atoms with E-state index in [2.05, 4.69) is 30.2 Å². The Morgan fingerprint density at radius 3 is 2.72 bits per heavy atom. The third-order valence-corrected chi connectivity index (χ3v) is 5.87. The van der Waals surface area contributed by atoms with Crippen LogP contribution in [0.25, 0.3) is 11.4 Å². The zero-order chi connectivity index (χ0) is 20.2. The second-order valence-electron chi connectivity index (χ2n) is 6.83. The van der Waals surface area contributed by atoms with E-state index in [4.69, 9.17) is 16.1 Å². The third kappa shape index (κ3) is 4.99. The van der Waals surface area contributed by atoms with Gasteiger partial charge >= 0.3 is 0 Å². The normalized spacial score (nSPS) is 16.6. The van der Waals surface area contributed by atoms with Gasteiger partial charge in [-0.3, -0.25) is 14.6 Å². The molecule has 1 atom stereocenters. The Labute approximate surface area is 177 Å². The first-order valence-corrected chi connectivity index (χ1v) is 10.6. The number of carbonyl (C=O) groups excluding carboxylic acids is 1. The number of carbonyl (C=O) groups is 1. The summed E-state index contributed by atoms with van der Waals surface area (Å²) in [4.78, 5) is 25.4. The predicted molar refractivity (Wildman–Crippen MR) is 112 cm³/mol. The minimum atomic E-state index is -0.207. The average molecular weight is 433 g/mol. The molecule has 1 saturated heterocycles. The molecule has 0 saturated carbocycles. The highest BCUT2D eigenvalue weighted by Crippen LogP contribution is 2.19. The second kappa shape index (κ2) is 9.00. The smallest absolute Gasteiger partial charge is 0.243 e. The molecule has 1 unspecified atom stereocenters. The van der Waals surface area contributed by atoms with Gasteiger partial charge in [-0.25, -0.2) is 4.98 Å². The standard InChI is InChI=1S/C19H21ClN6O2S/c1-13(18(27)23-19-21-6-11-29-19)26-9-7-25(8-10-26)12-16-22-17(24-28-16)14-2-4-15(20)5-3-14/h2-6,11,13H,7-10,12H2,1H3,(H,21,23,27). The SMILES string of the molecule is CC(C(=O)Nc1nccs1)N1CCN(Cc2nc(-c3ccc(Cl)cc3)no2)CC1. The summed E-state index contributed by atoms with van der Waals surface area (Å²) >= 11 is 7.34. The number of halogens is 1. The van der Waals surface area contributed by atoms with E-state index < -0.39 is 0 Å². The lowest BCUT2D eigenvalue weighted by atomic mass is 10.2. The Balaban J connectivity index is 1.28. The van der Waals surface area contributed by atoms with E-state index in [1.807, 2.05) is 24.4 Å². The van der Waals surface area contributed by atoms with Crippen molar-refractivity contribution < 1.29 is 9.32 Å². The molecule has 152 valence electrons. The molecule has 3 heterocycles. The summed E-state index contributed by atoms with van der Waals surface area (Å²) in [6, 6.07) is 7.14. The summed E-state index contributed by atoms with van der Waals surface area (Å²) in [5, 5.41) is 10.1. The first-order valence-electron chi connectivity index (χ1n) is 9.34. The van der Waals surface area contributed by atoms with Crippen LogP contribution in [0.4, 0.5) is 5.13 Å². The summed E-state index contributed by atoms with van der Waals surface area (Å²) in [5.41, 5.74) is 0.870. The van der Waals surface area contributed by atoms with Crippen molar-refractivity contribution in [2.24, 2.45) is 0 Å². The first kappa shape index (κ1) is 20.0. The molecule has 3 aromatic rings. The molecule has 1 aliphatic rings. The van der Waals surface area contributed by atoms with Gasteiger partial charge in [0.05, 0.1) is 12.6 Å². The fourth-order valence-electron chi connectivity index (χ4n) is 3.20. The predicted octanol–water partition coefficient (Wildman–Crippen LogP) is 2.99. The quantitative estimate of drug-likeness (QED) is 0.640. The average Bonchev–Trinajstić information content (AvgIpc) is 3.41. The molecule has 29 heavy (non-hydrogen) atoms. The van der Waals surface area contributed by atoms with Gasteiger partial charge in [-0.2, -0.15) is 4.98 Å². The summed E-state index contributed by atoms with van der Waals surface area (Å²) in [6.07, 6.45) is 1.68. The topological polar surface area (TPSA) is 87.4 Å². The maximum Gasteiger partial charge on any atom is 0.243 e. The summed E-state index contributed by atoms with van der Waals surface area (Å²) in [7, 11) is 0. The Morgan fingerprint density at radius 1 is 1.28 bits per heavy atom. The van der Waals surface area contributed by atoms with E-state index in [9.17, 15) is 4.79 Å². The summed E-state index contributed by atoms with van der Waals surface area (Å²) in [5.74, 6) is 1.11. The zero-order valence-electron chi connectivity index (χ0n) is 15.9. The number of aromatic nitrogens is 3. The van der Waals surface area contributed by atoms with Crippen molar-refractivity contribution in [2.75, 3.05) is 31.5 Å². The Kier molecular flexibility index (Phi) is 6.19. The van der Waals surface area contributed by atoms with Crippen LogP contribution in [-0.4, -0.2) is 63.1 Å². The lowest BCUT2D eigenvalue weighted by Crippen LogP contribution is -2.52. The Hall–Kier alpha value is -2.33. The fourth-order valence-corrected chi connectivity index (χ4v) is 3.85. The largest absolute Gasteiger partial charge is 0.338 e. The van der Waals surface area contributed by atoms with E-state index in [1.54, 1.807) is 18.3 Å². The number of amides is 1. The van der Waals surface area contributed by atoms with Crippen LogP contribution in [0.1, 0.15) is 12.8 Å². The molecule has 1 fully saturated rings. The van der Waals surface area contributed by atoms with Crippen molar-refractivity contribution in [3.05, 3.63) is 46.8 Å². The number of nitrogens with zero attached hydrogens (tertiary/aromatic N) is 5. The number of rotatable bonds is 6. The van der Waals surface area contributed by atoms with Crippen LogP contribution in [0.2, 0.25) is 5.02 Å². The molecule has 0 aliphatic carbocycles. The van der Waals surface area contributed by atoms with Crippen LogP contribution in [0.15, 0.2) is 40.4 Å². The summed E-state index contributed by atoms with van der Waals surface area (Å²) < 4.78 is 5.40. The van der Waals surface area contributed by atoms with E-state index in [-0.39, 0.29) is 11.9 Å². The Morgan fingerprint density at radius 2 is 2.03 bits per heavy atom. The molecule has 10 heteroatoms. The van der Waals surface area contributed by atoms with Gasteiger partial charge in [-0.15, -0.1) is 11.3 Å². The van der Waals surface area contributed by atoms with Crippen molar-refractivity contribution in [3.63, 3.8) is 0 Å². The monoisotopic (exact) mass is 432 g/mol.